The number of fused-ring (bicyclic) bond motifs is 2. The molecule has 2 aliphatic heterocycles. The van der Waals surface area contributed by atoms with Crippen molar-refractivity contribution in [1.82, 2.24) is 0 Å². The molecule has 0 spiro atoms. The SMILES string of the molecule is CC(C)(COCC1CCC2OC2C1)COCC1CCC2OC2C1. The van der Waals surface area contributed by atoms with E-state index in [9.17, 15) is 0 Å². The van der Waals surface area contributed by atoms with E-state index in [2.05, 4.69) is 13.8 Å². The third-order valence-electron chi connectivity index (χ3n) is 5.92. The van der Waals surface area contributed by atoms with Gasteiger partial charge in [0.2, 0.25) is 0 Å². The topological polar surface area (TPSA) is 43.5 Å². The van der Waals surface area contributed by atoms with Crippen LogP contribution < -0.4 is 0 Å². The van der Waals surface area contributed by atoms with Crippen molar-refractivity contribution in [2.45, 2.75) is 76.8 Å². The summed E-state index contributed by atoms with van der Waals surface area (Å²) in [6.07, 6.45) is 9.70. The van der Waals surface area contributed by atoms with E-state index in [1.807, 2.05) is 0 Å². The Morgan fingerprint density at radius 2 is 1.22 bits per heavy atom. The molecule has 0 bridgehead atoms. The predicted molar refractivity (Wildman–Crippen MR) is 87.4 cm³/mol. The summed E-state index contributed by atoms with van der Waals surface area (Å²) in [6, 6.07) is 0. The first kappa shape index (κ1) is 16.3. The maximum Gasteiger partial charge on any atom is 0.0845 e. The summed E-state index contributed by atoms with van der Waals surface area (Å²) in [5.41, 5.74) is 0.0978. The van der Waals surface area contributed by atoms with Crippen LogP contribution in [-0.2, 0) is 18.9 Å². The van der Waals surface area contributed by atoms with Gasteiger partial charge in [-0.1, -0.05) is 13.8 Å². The number of hydrogen-bond acceptors (Lipinski definition) is 4. The van der Waals surface area contributed by atoms with Gasteiger partial charge in [0.1, 0.15) is 0 Å². The van der Waals surface area contributed by atoms with Crippen molar-refractivity contribution in [3.8, 4) is 0 Å². The van der Waals surface area contributed by atoms with Gasteiger partial charge in [-0.15, -0.1) is 0 Å². The van der Waals surface area contributed by atoms with Crippen molar-refractivity contribution in [1.29, 1.82) is 0 Å². The van der Waals surface area contributed by atoms with E-state index in [0.29, 0.717) is 36.3 Å². The molecule has 23 heavy (non-hydrogen) atoms. The second kappa shape index (κ2) is 6.62. The Kier molecular flexibility index (Phi) is 4.70. The lowest BCUT2D eigenvalue weighted by Crippen LogP contribution is -2.29. The fourth-order valence-corrected chi connectivity index (χ4v) is 4.32. The van der Waals surface area contributed by atoms with E-state index < -0.39 is 0 Å². The minimum atomic E-state index is 0.0978. The Labute approximate surface area is 140 Å². The average Bonchev–Trinajstić information content (AvgIpc) is 3.40. The maximum absolute atomic E-state index is 6.02. The Bertz CT molecular complexity index is 374. The van der Waals surface area contributed by atoms with Crippen molar-refractivity contribution in [2.24, 2.45) is 17.3 Å². The minimum Gasteiger partial charge on any atom is -0.381 e. The molecule has 132 valence electrons. The number of hydrogen-bond donors (Lipinski definition) is 0. The van der Waals surface area contributed by atoms with Crippen molar-refractivity contribution in [3.05, 3.63) is 0 Å². The third-order valence-corrected chi connectivity index (χ3v) is 5.92. The lowest BCUT2D eigenvalue weighted by Gasteiger charge is -2.27. The zero-order valence-corrected chi connectivity index (χ0v) is 14.7. The number of rotatable bonds is 8. The van der Waals surface area contributed by atoms with Gasteiger partial charge in [0.05, 0.1) is 37.6 Å². The van der Waals surface area contributed by atoms with E-state index in [-0.39, 0.29) is 5.41 Å². The van der Waals surface area contributed by atoms with Crippen LogP contribution in [0.15, 0.2) is 0 Å². The molecule has 0 aromatic carbocycles. The first-order chi connectivity index (χ1) is 11.1. The van der Waals surface area contributed by atoms with Gasteiger partial charge in [0, 0.05) is 18.6 Å². The van der Waals surface area contributed by atoms with Gasteiger partial charge in [0.25, 0.3) is 0 Å². The summed E-state index contributed by atoms with van der Waals surface area (Å²) in [6.45, 7) is 7.84. The van der Waals surface area contributed by atoms with Crippen LogP contribution in [0.3, 0.4) is 0 Å². The summed E-state index contributed by atoms with van der Waals surface area (Å²) in [5.74, 6) is 1.40. The molecular weight excluding hydrogens is 292 g/mol. The van der Waals surface area contributed by atoms with E-state index in [4.69, 9.17) is 18.9 Å². The van der Waals surface area contributed by atoms with Crippen molar-refractivity contribution >= 4 is 0 Å². The molecule has 0 radical (unpaired) electrons. The van der Waals surface area contributed by atoms with Crippen LogP contribution in [0, 0.1) is 17.3 Å². The van der Waals surface area contributed by atoms with Crippen LogP contribution in [0.2, 0.25) is 0 Å². The molecule has 4 nitrogen and oxygen atoms in total. The molecule has 4 fully saturated rings. The largest absolute Gasteiger partial charge is 0.381 e. The Morgan fingerprint density at radius 1 is 0.739 bits per heavy atom. The van der Waals surface area contributed by atoms with Gasteiger partial charge in [-0.3, -0.25) is 0 Å². The fourth-order valence-electron chi connectivity index (χ4n) is 4.32. The maximum atomic E-state index is 6.02. The van der Waals surface area contributed by atoms with Crippen LogP contribution in [0.5, 0.6) is 0 Å². The Morgan fingerprint density at radius 3 is 1.65 bits per heavy atom. The summed E-state index contributed by atoms with van der Waals surface area (Å²) >= 11 is 0. The molecule has 0 aromatic rings. The standard InChI is InChI=1S/C19H32O4/c1-19(2,11-20-9-13-3-5-15-17(7-13)22-15)12-21-10-14-4-6-16-18(8-14)23-16/h13-18H,3-12H2,1-2H3. The van der Waals surface area contributed by atoms with Gasteiger partial charge in [0.15, 0.2) is 0 Å². The van der Waals surface area contributed by atoms with E-state index in [0.717, 1.165) is 26.4 Å². The zero-order valence-electron chi connectivity index (χ0n) is 14.7. The molecule has 6 unspecified atom stereocenters. The van der Waals surface area contributed by atoms with Crippen molar-refractivity contribution in [3.63, 3.8) is 0 Å². The molecule has 4 aliphatic rings. The predicted octanol–water partition coefficient (Wildman–Crippen LogP) is 3.18. The molecule has 4 heteroatoms. The van der Waals surface area contributed by atoms with Crippen LogP contribution in [0.1, 0.15) is 52.4 Å². The van der Waals surface area contributed by atoms with E-state index >= 15 is 0 Å². The average molecular weight is 324 g/mol. The molecular formula is C19H32O4. The van der Waals surface area contributed by atoms with Crippen LogP contribution >= 0.6 is 0 Å². The summed E-state index contributed by atoms with van der Waals surface area (Å²) in [5, 5.41) is 0. The van der Waals surface area contributed by atoms with Gasteiger partial charge in [-0.25, -0.2) is 0 Å². The monoisotopic (exact) mass is 324 g/mol. The van der Waals surface area contributed by atoms with Gasteiger partial charge in [-0.05, 0) is 50.4 Å². The first-order valence-electron chi connectivity index (χ1n) is 9.55. The highest BCUT2D eigenvalue weighted by atomic mass is 16.6. The lowest BCUT2D eigenvalue weighted by atomic mass is 9.89. The normalized spacial score (nSPS) is 42.0. The van der Waals surface area contributed by atoms with Crippen LogP contribution in [0.4, 0.5) is 0 Å². The molecule has 2 saturated carbocycles. The molecule has 0 N–H and O–H groups in total. The lowest BCUT2D eigenvalue weighted by molar-refractivity contribution is -0.0250. The second-order valence-corrected chi connectivity index (χ2v) is 8.98. The Balaban J connectivity index is 1.08. The molecule has 4 rings (SSSR count). The van der Waals surface area contributed by atoms with Crippen molar-refractivity contribution in [2.75, 3.05) is 26.4 Å². The van der Waals surface area contributed by atoms with E-state index in [1.165, 1.54) is 38.5 Å². The highest BCUT2D eigenvalue weighted by Gasteiger charge is 2.44. The Hall–Kier alpha value is -0.160. The molecule has 2 aliphatic carbocycles. The van der Waals surface area contributed by atoms with Gasteiger partial charge in [-0.2, -0.15) is 0 Å². The third kappa shape index (κ3) is 4.47. The molecule has 2 saturated heterocycles. The summed E-state index contributed by atoms with van der Waals surface area (Å²) < 4.78 is 23.2. The van der Waals surface area contributed by atoms with Gasteiger partial charge >= 0.3 is 0 Å². The number of epoxide rings is 2. The van der Waals surface area contributed by atoms with Crippen LogP contribution in [0.25, 0.3) is 0 Å². The minimum absolute atomic E-state index is 0.0978. The zero-order chi connectivity index (χ0) is 15.9. The van der Waals surface area contributed by atoms with Crippen LogP contribution in [-0.4, -0.2) is 50.8 Å². The highest BCUT2D eigenvalue weighted by Crippen LogP contribution is 2.40. The van der Waals surface area contributed by atoms with Crippen molar-refractivity contribution < 1.29 is 18.9 Å². The number of ether oxygens (including phenoxy) is 4. The smallest absolute Gasteiger partial charge is 0.0845 e. The van der Waals surface area contributed by atoms with E-state index in [1.54, 1.807) is 0 Å². The second-order valence-electron chi connectivity index (χ2n) is 8.98. The molecule has 2 heterocycles. The molecule has 6 atom stereocenters. The highest BCUT2D eigenvalue weighted by molar-refractivity contribution is 4.92. The quantitative estimate of drug-likeness (QED) is 0.643. The first-order valence-corrected chi connectivity index (χ1v) is 9.55. The molecule has 0 amide bonds. The fraction of sp³-hybridized carbons (Fsp3) is 1.00. The summed E-state index contributed by atoms with van der Waals surface area (Å²) in [7, 11) is 0. The molecule has 0 aromatic heterocycles. The van der Waals surface area contributed by atoms with Gasteiger partial charge < -0.3 is 18.9 Å². The summed E-state index contributed by atoms with van der Waals surface area (Å²) in [4.78, 5) is 0.